The summed E-state index contributed by atoms with van der Waals surface area (Å²) in [4.78, 5) is 4.38. The molecule has 1 heterocycles. The highest BCUT2D eigenvalue weighted by atomic mass is 14.9. The molecule has 0 saturated carbocycles. The van der Waals surface area contributed by atoms with Crippen LogP contribution in [0.25, 0.3) is 0 Å². The molecule has 1 N–H and O–H groups in total. The number of benzene rings is 1. The third-order valence-corrected chi connectivity index (χ3v) is 3.45. The van der Waals surface area contributed by atoms with Crippen LogP contribution in [0.1, 0.15) is 23.2 Å². The van der Waals surface area contributed by atoms with Gasteiger partial charge in [0.2, 0.25) is 0 Å². The second-order valence-electron chi connectivity index (χ2n) is 5.04. The molecule has 0 aliphatic carbocycles. The zero-order valence-electron chi connectivity index (χ0n) is 11.8. The van der Waals surface area contributed by atoms with E-state index >= 15 is 0 Å². The molecule has 1 unspecified atom stereocenters. The van der Waals surface area contributed by atoms with E-state index in [1.807, 2.05) is 19.3 Å². The van der Waals surface area contributed by atoms with Crippen molar-refractivity contribution < 1.29 is 0 Å². The van der Waals surface area contributed by atoms with Gasteiger partial charge in [-0.25, -0.2) is 0 Å². The molecule has 2 nitrogen and oxygen atoms in total. The molecule has 19 heavy (non-hydrogen) atoms. The highest BCUT2D eigenvalue weighted by molar-refractivity contribution is 5.23. The lowest BCUT2D eigenvalue weighted by molar-refractivity contribution is 0.517. The average Bonchev–Trinajstić information content (AvgIpc) is 2.44. The lowest BCUT2D eigenvalue weighted by Crippen LogP contribution is -2.28. The van der Waals surface area contributed by atoms with Crippen molar-refractivity contribution in [3.63, 3.8) is 0 Å². The van der Waals surface area contributed by atoms with E-state index in [0.29, 0.717) is 6.04 Å². The van der Waals surface area contributed by atoms with Crippen molar-refractivity contribution in [2.24, 2.45) is 0 Å². The lowest BCUT2D eigenvalue weighted by atomic mass is 10.00. The zero-order chi connectivity index (χ0) is 13.5. The van der Waals surface area contributed by atoms with Crippen LogP contribution in [-0.4, -0.2) is 18.1 Å². The quantitative estimate of drug-likeness (QED) is 0.856. The lowest BCUT2D eigenvalue weighted by Gasteiger charge is -2.16. The van der Waals surface area contributed by atoms with Gasteiger partial charge in [0, 0.05) is 17.9 Å². The molecule has 100 valence electrons. The fourth-order valence-electron chi connectivity index (χ4n) is 2.34. The van der Waals surface area contributed by atoms with Gasteiger partial charge in [0.05, 0.1) is 0 Å². The molecule has 0 saturated heterocycles. The summed E-state index contributed by atoms with van der Waals surface area (Å²) in [5.41, 5.74) is 3.91. The summed E-state index contributed by atoms with van der Waals surface area (Å²) in [6, 6.07) is 15.4. The summed E-state index contributed by atoms with van der Waals surface area (Å²) < 4.78 is 0. The minimum absolute atomic E-state index is 0.504. The third kappa shape index (κ3) is 4.49. The van der Waals surface area contributed by atoms with Crippen molar-refractivity contribution >= 4 is 0 Å². The SMILES string of the molecule is CNC(CCc1ccccn1)Cc1cccc(C)c1. The van der Waals surface area contributed by atoms with Crippen molar-refractivity contribution in [1.82, 2.24) is 10.3 Å². The van der Waals surface area contributed by atoms with Gasteiger partial charge in [-0.3, -0.25) is 4.98 Å². The van der Waals surface area contributed by atoms with Crippen LogP contribution in [0.4, 0.5) is 0 Å². The summed E-state index contributed by atoms with van der Waals surface area (Å²) in [5, 5.41) is 3.41. The maximum atomic E-state index is 4.38. The van der Waals surface area contributed by atoms with Gasteiger partial charge in [0.1, 0.15) is 0 Å². The molecule has 2 heteroatoms. The molecule has 1 aromatic carbocycles. The summed E-state index contributed by atoms with van der Waals surface area (Å²) in [7, 11) is 2.04. The predicted molar refractivity (Wildman–Crippen MR) is 80.3 cm³/mol. The van der Waals surface area contributed by atoms with Gasteiger partial charge >= 0.3 is 0 Å². The van der Waals surface area contributed by atoms with Crippen molar-refractivity contribution in [2.45, 2.75) is 32.2 Å². The normalized spacial score (nSPS) is 12.3. The Balaban J connectivity index is 1.90. The van der Waals surface area contributed by atoms with Crippen LogP contribution < -0.4 is 5.32 Å². The number of pyridine rings is 1. The van der Waals surface area contributed by atoms with Gasteiger partial charge in [0.25, 0.3) is 0 Å². The summed E-state index contributed by atoms with van der Waals surface area (Å²) in [6.07, 6.45) is 5.08. The van der Waals surface area contributed by atoms with Crippen LogP contribution >= 0.6 is 0 Å². The first-order chi connectivity index (χ1) is 9.28. The first kappa shape index (κ1) is 13.8. The number of likely N-dealkylation sites (N-methyl/N-ethyl adjacent to an activating group) is 1. The van der Waals surface area contributed by atoms with Crippen molar-refractivity contribution in [3.8, 4) is 0 Å². The van der Waals surface area contributed by atoms with Gasteiger partial charge in [-0.15, -0.1) is 0 Å². The zero-order valence-corrected chi connectivity index (χ0v) is 11.8. The summed E-state index contributed by atoms with van der Waals surface area (Å²) in [6.45, 7) is 2.14. The summed E-state index contributed by atoms with van der Waals surface area (Å²) >= 11 is 0. The summed E-state index contributed by atoms with van der Waals surface area (Å²) in [5.74, 6) is 0. The van der Waals surface area contributed by atoms with E-state index in [1.54, 1.807) is 0 Å². The molecule has 1 atom stereocenters. The highest BCUT2D eigenvalue weighted by Crippen LogP contribution is 2.10. The van der Waals surface area contributed by atoms with Gasteiger partial charge < -0.3 is 5.32 Å². The van der Waals surface area contributed by atoms with Gasteiger partial charge in [-0.1, -0.05) is 35.9 Å². The van der Waals surface area contributed by atoms with Crippen molar-refractivity contribution in [3.05, 3.63) is 65.5 Å². The van der Waals surface area contributed by atoms with E-state index in [9.17, 15) is 0 Å². The second kappa shape index (κ2) is 7.05. The van der Waals surface area contributed by atoms with Crippen LogP contribution in [0.5, 0.6) is 0 Å². The molecule has 2 aromatic rings. The predicted octanol–water partition coefficient (Wildman–Crippen LogP) is 3.15. The van der Waals surface area contributed by atoms with E-state index in [2.05, 4.69) is 53.6 Å². The number of aromatic nitrogens is 1. The third-order valence-electron chi connectivity index (χ3n) is 3.45. The Bertz CT molecular complexity index is 494. The maximum absolute atomic E-state index is 4.38. The fourth-order valence-corrected chi connectivity index (χ4v) is 2.34. The van der Waals surface area contributed by atoms with E-state index in [4.69, 9.17) is 0 Å². The standard InChI is InChI=1S/C17H22N2/c1-14-6-5-7-15(12-14)13-17(18-2)10-9-16-8-3-4-11-19-16/h3-8,11-12,17-18H,9-10,13H2,1-2H3. The smallest absolute Gasteiger partial charge is 0.0404 e. The van der Waals surface area contributed by atoms with E-state index < -0.39 is 0 Å². The highest BCUT2D eigenvalue weighted by Gasteiger charge is 2.08. The number of aryl methyl sites for hydroxylation is 2. The van der Waals surface area contributed by atoms with Gasteiger partial charge in [0.15, 0.2) is 0 Å². The number of nitrogens with zero attached hydrogens (tertiary/aromatic N) is 1. The molecule has 0 aliphatic heterocycles. The van der Waals surface area contributed by atoms with Crippen molar-refractivity contribution in [2.75, 3.05) is 7.05 Å². The number of hydrogen-bond acceptors (Lipinski definition) is 2. The van der Waals surface area contributed by atoms with E-state index in [1.165, 1.54) is 16.8 Å². The van der Waals surface area contributed by atoms with Crippen molar-refractivity contribution in [1.29, 1.82) is 0 Å². The monoisotopic (exact) mass is 254 g/mol. The molecule has 2 rings (SSSR count). The Morgan fingerprint density at radius 1 is 1.16 bits per heavy atom. The largest absolute Gasteiger partial charge is 0.317 e. The topological polar surface area (TPSA) is 24.9 Å². The molecule has 1 aromatic heterocycles. The van der Waals surface area contributed by atoms with Crippen LogP contribution in [0, 0.1) is 6.92 Å². The Kier molecular flexibility index (Phi) is 5.10. The van der Waals surface area contributed by atoms with Crippen LogP contribution in [0.15, 0.2) is 48.7 Å². The van der Waals surface area contributed by atoms with Crippen LogP contribution in [0.2, 0.25) is 0 Å². The molecular formula is C17H22N2. The Morgan fingerprint density at radius 2 is 2.05 bits per heavy atom. The van der Waals surface area contributed by atoms with Gasteiger partial charge in [-0.2, -0.15) is 0 Å². The Hall–Kier alpha value is -1.67. The molecule has 0 spiro atoms. The molecular weight excluding hydrogens is 232 g/mol. The maximum Gasteiger partial charge on any atom is 0.0404 e. The van der Waals surface area contributed by atoms with Crippen LogP contribution in [0.3, 0.4) is 0 Å². The van der Waals surface area contributed by atoms with E-state index in [0.717, 1.165) is 19.3 Å². The first-order valence-electron chi connectivity index (χ1n) is 6.90. The number of nitrogens with one attached hydrogen (secondary N) is 1. The van der Waals surface area contributed by atoms with E-state index in [-0.39, 0.29) is 0 Å². The molecule has 0 amide bonds. The van der Waals surface area contributed by atoms with Gasteiger partial charge in [-0.05, 0) is 50.9 Å². The second-order valence-corrected chi connectivity index (χ2v) is 5.04. The Labute approximate surface area is 115 Å². The number of rotatable bonds is 6. The fraction of sp³-hybridized carbons (Fsp3) is 0.353. The first-order valence-corrected chi connectivity index (χ1v) is 6.90. The minimum Gasteiger partial charge on any atom is -0.317 e. The molecule has 0 radical (unpaired) electrons. The number of hydrogen-bond donors (Lipinski definition) is 1. The Morgan fingerprint density at radius 3 is 2.74 bits per heavy atom. The molecule has 0 bridgehead atoms. The average molecular weight is 254 g/mol. The molecule has 0 aliphatic rings. The molecule has 0 fully saturated rings. The minimum atomic E-state index is 0.504. The van der Waals surface area contributed by atoms with Crippen LogP contribution in [-0.2, 0) is 12.8 Å².